The number of fused-ring (bicyclic) bond motifs is 6. The molecule has 0 fully saturated rings. The second kappa shape index (κ2) is 6.24. The van der Waals surface area contributed by atoms with Gasteiger partial charge in [0, 0.05) is 23.1 Å². The van der Waals surface area contributed by atoms with E-state index in [1.165, 1.54) is 0 Å². The lowest BCUT2D eigenvalue weighted by atomic mass is 9.95. The summed E-state index contributed by atoms with van der Waals surface area (Å²) in [5.41, 5.74) is 7.83. The van der Waals surface area contributed by atoms with E-state index >= 15 is 0 Å². The molecule has 0 radical (unpaired) electrons. The highest BCUT2D eigenvalue weighted by atomic mass is 16.1. The Morgan fingerprint density at radius 2 is 1.06 bits per heavy atom. The molecular formula is C30H18O2. The van der Waals surface area contributed by atoms with Crippen LogP contribution in [0.3, 0.4) is 0 Å². The summed E-state index contributed by atoms with van der Waals surface area (Å²) < 4.78 is 0. The number of hydrogen-bond donors (Lipinski definition) is 0. The van der Waals surface area contributed by atoms with Crippen molar-refractivity contribution in [1.29, 1.82) is 0 Å². The smallest absolute Gasteiger partial charge is 0.194 e. The van der Waals surface area contributed by atoms with Crippen molar-refractivity contribution in [2.24, 2.45) is 0 Å². The lowest BCUT2D eigenvalue weighted by molar-refractivity contribution is 0.0993. The summed E-state index contributed by atoms with van der Waals surface area (Å²) in [6, 6.07) is 29.1. The highest BCUT2D eigenvalue weighted by Crippen LogP contribution is 2.41. The zero-order valence-corrected chi connectivity index (χ0v) is 17.3. The van der Waals surface area contributed by atoms with Gasteiger partial charge in [-0.25, -0.2) is 0 Å². The fourth-order valence-electron chi connectivity index (χ4n) is 5.32. The summed E-state index contributed by atoms with van der Waals surface area (Å²) in [5.74, 6) is 0.343. The Labute approximate surface area is 185 Å². The highest BCUT2D eigenvalue weighted by Gasteiger charge is 2.27. The Morgan fingerprint density at radius 1 is 0.469 bits per heavy atom. The summed E-state index contributed by atoms with van der Waals surface area (Å²) in [7, 11) is 0. The van der Waals surface area contributed by atoms with Gasteiger partial charge in [-0.3, -0.25) is 9.59 Å². The number of benzene rings is 5. The number of ketones is 2. The van der Waals surface area contributed by atoms with Gasteiger partial charge in [-0.1, -0.05) is 54.6 Å². The van der Waals surface area contributed by atoms with Crippen LogP contribution in [0.1, 0.15) is 38.3 Å². The number of carbonyl (C=O) groups excluding carboxylic acids is 2. The first-order valence-corrected chi connectivity index (χ1v) is 11.0. The van der Waals surface area contributed by atoms with Crippen LogP contribution in [0.5, 0.6) is 0 Å². The number of Topliss-reactive ketones (excluding diaryl/α,β-unsaturated/α-hetero) is 1. The maximum absolute atomic E-state index is 13.3. The monoisotopic (exact) mass is 410 g/mol. The van der Waals surface area contributed by atoms with Crippen molar-refractivity contribution in [3.63, 3.8) is 0 Å². The minimum atomic E-state index is 0.101. The van der Waals surface area contributed by atoms with Gasteiger partial charge in [0.05, 0.1) is 0 Å². The minimum absolute atomic E-state index is 0.101. The first kappa shape index (κ1) is 17.6. The second-order valence-electron chi connectivity index (χ2n) is 8.83. The summed E-state index contributed by atoms with van der Waals surface area (Å²) >= 11 is 0. The molecule has 5 aromatic carbocycles. The molecule has 0 N–H and O–H groups in total. The molecule has 2 heteroatoms. The number of hydrogen-bond acceptors (Lipinski definition) is 2. The summed E-state index contributed by atoms with van der Waals surface area (Å²) in [6.07, 6.45) is 1.44. The van der Waals surface area contributed by atoms with Crippen LogP contribution in [0.15, 0.2) is 84.9 Å². The number of carbonyl (C=O) groups is 2. The minimum Gasteiger partial charge on any atom is -0.294 e. The standard InChI is InChI=1S/C30H18O2/c31-29-10-8-22-11-20(7-9-24(22)29)19-5-6-21-14-26-25-13-17-3-1-2-4-18(17)15-27(25)30(32)28(26)16-23(21)12-19/h1-7,9,11-16H,8,10H2. The molecule has 2 aliphatic carbocycles. The van der Waals surface area contributed by atoms with Gasteiger partial charge in [-0.2, -0.15) is 0 Å². The number of aryl methyl sites for hydroxylation is 1. The predicted molar refractivity (Wildman–Crippen MR) is 128 cm³/mol. The predicted octanol–water partition coefficient (Wildman–Crippen LogP) is 7.00. The molecule has 0 aromatic heterocycles. The molecule has 0 saturated heterocycles. The van der Waals surface area contributed by atoms with Gasteiger partial charge in [-0.15, -0.1) is 0 Å². The Morgan fingerprint density at radius 3 is 1.81 bits per heavy atom. The zero-order chi connectivity index (χ0) is 21.4. The zero-order valence-electron chi connectivity index (χ0n) is 17.3. The topological polar surface area (TPSA) is 34.1 Å². The van der Waals surface area contributed by atoms with Crippen molar-refractivity contribution < 1.29 is 9.59 Å². The lowest BCUT2D eigenvalue weighted by Crippen LogP contribution is -1.95. The van der Waals surface area contributed by atoms with Gasteiger partial charge in [0.1, 0.15) is 0 Å². The molecule has 0 heterocycles. The maximum Gasteiger partial charge on any atom is 0.194 e. The van der Waals surface area contributed by atoms with Gasteiger partial charge in [0.15, 0.2) is 11.6 Å². The van der Waals surface area contributed by atoms with Gasteiger partial charge >= 0.3 is 0 Å². The van der Waals surface area contributed by atoms with Crippen LogP contribution < -0.4 is 0 Å². The molecule has 2 nitrogen and oxygen atoms in total. The highest BCUT2D eigenvalue weighted by molar-refractivity contribution is 6.25. The third-order valence-corrected chi connectivity index (χ3v) is 7.00. The molecule has 0 aliphatic heterocycles. The molecular weight excluding hydrogens is 392 g/mol. The average molecular weight is 410 g/mol. The van der Waals surface area contributed by atoms with Crippen LogP contribution in [-0.2, 0) is 6.42 Å². The maximum atomic E-state index is 13.3. The van der Waals surface area contributed by atoms with E-state index in [9.17, 15) is 9.59 Å². The fourth-order valence-corrected chi connectivity index (χ4v) is 5.32. The largest absolute Gasteiger partial charge is 0.294 e. The Balaban J connectivity index is 1.38. The molecule has 5 aromatic rings. The van der Waals surface area contributed by atoms with Gasteiger partial charge < -0.3 is 0 Å². The summed E-state index contributed by atoms with van der Waals surface area (Å²) in [4.78, 5) is 25.2. The molecule has 0 bridgehead atoms. The van der Waals surface area contributed by atoms with Crippen molar-refractivity contribution in [2.45, 2.75) is 12.8 Å². The first-order chi connectivity index (χ1) is 15.7. The van der Waals surface area contributed by atoms with E-state index in [4.69, 9.17) is 0 Å². The van der Waals surface area contributed by atoms with Crippen molar-refractivity contribution in [3.8, 4) is 22.3 Å². The SMILES string of the molecule is O=C1CCc2cc(-c3ccc4cc5c(cc4c3)C(=O)c3cc4ccccc4cc3-5)ccc21. The first-order valence-electron chi connectivity index (χ1n) is 11.0. The summed E-state index contributed by atoms with van der Waals surface area (Å²) in [5, 5.41) is 4.42. The molecule has 0 atom stereocenters. The van der Waals surface area contributed by atoms with Crippen LogP contribution in [0.4, 0.5) is 0 Å². The van der Waals surface area contributed by atoms with E-state index in [-0.39, 0.29) is 11.6 Å². The molecule has 0 saturated carbocycles. The normalized spacial score (nSPS) is 14.1. The van der Waals surface area contributed by atoms with Crippen LogP contribution in [0.25, 0.3) is 43.8 Å². The van der Waals surface area contributed by atoms with Crippen LogP contribution in [-0.4, -0.2) is 11.6 Å². The van der Waals surface area contributed by atoms with Crippen LogP contribution >= 0.6 is 0 Å². The van der Waals surface area contributed by atoms with Gasteiger partial charge in [-0.05, 0) is 86.1 Å². The Bertz CT molecular complexity index is 1660. The molecule has 2 aliphatic rings. The van der Waals surface area contributed by atoms with Crippen molar-refractivity contribution in [3.05, 3.63) is 107 Å². The van der Waals surface area contributed by atoms with E-state index in [0.717, 1.165) is 72.5 Å². The van der Waals surface area contributed by atoms with Gasteiger partial charge in [0.2, 0.25) is 0 Å². The van der Waals surface area contributed by atoms with Crippen molar-refractivity contribution >= 4 is 33.1 Å². The average Bonchev–Trinajstić information content (AvgIpc) is 3.33. The number of rotatable bonds is 1. The lowest BCUT2D eigenvalue weighted by Gasteiger charge is -2.09. The van der Waals surface area contributed by atoms with Crippen molar-refractivity contribution in [1.82, 2.24) is 0 Å². The van der Waals surface area contributed by atoms with Crippen LogP contribution in [0.2, 0.25) is 0 Å². The van der Waals surface area contributed by atoms with E-state index in [2.05, 4.69) is 48.5 Å². The Kier molecular flexibility index (Phi) is 3.44. The van der Waals surface area contributed by atoms with E-state index in [1.54, 1.807) is 0 Å². The van der Waals surface area contributed by atoms with Gasteiger partial charge in [0.25, 0.3) is 0 Å². The third kappa shape index (κ3) is 2.41. The quantitative estimate of drug-likeness (QED) is 0.292. The molecule has 0 amide bonds. The molecule has 0 unspecified atom stereocenters. The van der Waals surface area contributed by atoms with Crippen molar-refractivity contribution in [2.75, 3.05) is 0 Å². The molecule has 150 valence electrons. The fraction of sp³-hybridized carbons (Fsp3) is 0.0667. The Hall–Kier alpha value is -4.04. The van der Waals surface area contributed by atoms with E-state index in [0.29, 0.717) is 6.42 Å². The third-order valence-electron chi connectivity index (χ3n) is 7.00. The second-order valence-corrected chi connectivity index (χ2v) is 8.83. The molecule has 32 heavy (non-hydrogen) atoms. The van der Waals surface area contributed by atoms with E-state index in [1.807, 2.05) is 36.4 Å². The summed E-state index contributed by atoms with van der Waals surface area (Å²) in [6.45, 7) is 0. The van der Waals surface area contributed by atoms with Crippen LogP contribution in [0, 0.1) is 0 Å². The molecule has 7 rings (SSSR count). The molecule has 0 spiro atoms. The van der Waals surface area contributed by atoms with E-state index < -0.39 is 0 Å².